The van der Waals surface area contributed by atoms with Gasteiger partial charge in [0.15, 0.2) is 6.10 Å². The third-order valence-electron chi connectivity index (χ3n) is 3.15. The van der Waals surface area contributed by atoms with E-state index in [1.807, 2.05) is 0 Å². The number of aliphatic carboxylic acids is 1. The van der Waals surface area contributed by atoms with E-state index in [2.05, 4.69) is 13.8 Å². The summed E-state index contributed by atoms with van der Waals surface area (Å²) in [6.07, 6.45) is 0.999. The van der Waals surface area contributed by atoms with Crippen molar-refractivity contribution in [3.63, 3.8) is 0 Å². The first-order valence-corrected chi connectivity index (χ1v) is 7.24. The summed E-state index contributed by atoms with van der Waals surface area (Å²) in [5.74, 6) is -0.869. The van der Waals surface area contributed by atoms with Gasteiger partial charge in [-0.3, -0.25) is 0 Å². The molecule has 1 N–H and O–H groups in total. The second-order valence-corrected chi connectivity index (χ2v) is 8.14. The molecule has 2 aliphatic rings. The molecule has 14 heavy (non-hydrogen) atoms. The lowest BCUT2D eigenvalue weighted by atomic mass is 10.1. The van der Waals surface area contributed by atoms with Gasteiger partial charge < -0.3 is 14.0 Å². The fourth-order valence-corrected chi connectivity index (χ4v) is 5.83. The molecule has 0 spiro atoms. The second kappa shape index (κ2) is 3.32. The maximum atomic E-state index is 10.9. The van der Waals surface area contributed by atoms with E-state index < -0.39 is 20.6 Å². The number of carbonyl (C=O) groups is 1. The van der Waals surface area contributed by atoms with Gasteiger partial charge >= 0.3 is 14.5 Å². The lowest BCUT2D eigenvalue weighted by Gasteiger charge is -2.31. The van der Waals surface area contributed by atoms with Crippen molar-refractivity contribution >= 4 is 14.5 Å². The Bertz CT molecular complexity index is 255. The molecular weight excluding hydrogens is 200 g/mol. The second-order valence-electron chi connectivity index (χ2n) is 4.39. The Hall–Kier alpha value is -0.393. The fourth-order valence-electron chi connectivity index (χ4n) is 2.28. The molecule has 2 fully saturated rings. The minimum Gasteiger partial charge on any atom is -0.479 e. The molecule has 2 heterocycles. The van der Waals surface area contributed by atoms with Crippen molar-refractivity contribution in [1.82, 2.24) is 0 Å². The van der Waals surface area contributed by atoms with Crippen molar-refractivity contribution in [2.24, 2.45) is 0 Å². The number of hydrogen-bond acceptors (Lipinski definition) is 3. The van der Waals surface area contributed by atoms with E-state index in [1.54, 1.807) is 0 Å². The van der Waals surface area contributed by atoms with Gasteiger partial charge in [0.25, 0.3) is 0 Å². The van der Waals surface area contributed by atoms with E-state index in [-0.39, 0.29) is 6.10 Å². The topological polar surface area (TPSA) is 55.8 Å². The maximum Gasteiger partial charge on any atom is 0.341 e. The Labute approximate surface area is 84.5 Å². The molecule has 4 nitrogen and oxygen atoms in total. The van der Waals surface area contributed by atoms with Gasteiger partial charge in [-0.15, -0.1) is 0 Å². The van der Waals surface area contributed by atoms with Gasteiger partial charge in [-0.2, -0.15) is 0 Å². The summed E-state index contributed by atoms with van der Waals surface area (Å²) in [5.41, 5.74) is 0.342. The Kier molecular flexibility index (Phi) is 2.41. The number of fused-ring (bicyclic) bond motifs is 2. The zero-order valence-corrected chi connectivity index (χ0v) is 9.53. The summed E-state index contributed by atoms with van der Waals surface area (Å²) in [5, 5.41) is 8.97. The predicted molar refractivity (Wildman–Crippen MR) is 52.3 cm³/mol. The van der Waals surface area contributed by atoms with E-state index in [9.17, 15) is 4.79 Å². The summed E-state index contributed by atoms with van der Waals surface area (Å²) < 4.78 is 11.6. The van der Waals surface area contributed by atoms with E-state index in [1.165, 1.54) is 0 Å². The zero-order chi connectivity index (χ0) is 10.3. The molecule has 0 aromatic heterocycles. The van der Waals surface area contributed by atoms with E-state index in [0.29, 0.717) is 5.54 Å². The highest BCUT2D eigenvalue weighted by molar-refractivity contribution is 6.69. The van der Waals surface area contributed by atoms with Crippen LogP contribution in [-0.2, 0) is 13.6 Å². The third kappa shape index (κ3) is 1.39. The van der Waals surface area contributed by atoms with Crippen LogP contribution in [0.2, 0.25) is 11.6 Å². The molecule has 0 amide bonds. The lowest BCUT2D eigenvalue weighted by Crippen LogP contribution is -2.42. The van der Waals surface area contributed by atoms with Crippen LogP contribution in [0.15, 0.2) is 0 Å². The van der Waals surface area contributed by atoms with Crippen molar-refractivity contribution < 1.29 is 18.8 Å². The van der Waals surface area contributed by atoms with Gasteiger partial charge in [-0.25, -0.2) is 4.79 Å². The molecule has 2 bridgehead atoms. The summed E-state index contributed by atoms with van der Waals surface area (Å²) in [7, 11) is -2.17. The number of carboxylic acid groups (broad SMARTS) is 1. The van der Waals surface area contributed by atoms with Crippen LogP contribution >= 0.6 is 0 Å². The Morgan fingerprint density at radius 2 is 2.21 bits per heavy atom. The third-order valence-corrected chi connectivity index (χ3v) is 7.32. The molecule has 0 aromatic carbocycles. The quantitative estimate of drug-likeness (QED) is 0.711. The Morgan fingerprint density at radius 1 is 1.50 bits per heavy atom. The number of hydrogen-bond donors (Lipinski definition) is 1. The first-order valence-electron chi connectivity index (χ1n) is 5.13. The zero-order valence-electron chi connectivity index (χ0n) is 8.53. The van der Waals surface area contributed by atoms with Gasteiger partial charge in [-0.1, -0.05) is 13.8 Å². The monoisotopic (exact) mass is 216 g/mol. The molecule has 5 heteroatoms. The average molecular weight is 216 g/mol. The molecule has 3 unspecified atom stereocenters. The fraction of sp³-hybridized carbons (Fsp3) is 0.889. The van der Waals surface area contributed by atoms with Crippen molar-refractivity contribution in [1.29, 1.82) is 0 Å². The van der Waals surface area contributed by atoms with Crippen molar-refractivity contribution in [3.8, 4) is 0 Å². The van der Waals surface area contributed by atoms with Gasteiger partial charge in [0.1, 0.15) is 0 Å². The summed E-state index contributed by atoms with van der Waals surface area (Å²) in [4.78, 5) is 10.9. The molecule has 3 atom stereocenters. The van der Waals surface area contributed by atoms with Gasteiger partial charge in [0.2, 0.25) is 0 Å². The van der Waals surface area contributed by atoms with Crippen LogP contribution in [0.4, 0.5) is 0 Å². The predicted octanol–water partition coefficient (Wildman–Crippen LogP) is 1.50. The van der Waals surface area contributed by atoms with Crippen molar-refractivity contribution in [3.05, 3.63) is 0 Å². The molecule has 0 saturated carbocycles. The van der Waals surface area contributed by atoms with Crippen LogP contribution in [0.1, 0.15) is 26.7 Å². The SMILES string of the molecule is CC(C)[Si]12CCCC(O1)C(C(=O)O)O2. The first-order chi connectivity index (χ1) is 6.55. The van der Waals surface area contributed by atoms with Crippen LogP contribution in [0, 0.1) is 0 Å². The highest BCUT2D eigenvalue weighted by atomic mass is 28.4. The van der Waals surface area contributed by atoms with Crippen LogP contribution in [0.5, 0.6) is 0 Å². The molecule has 2 saturated heterocycles. The molecule has 2 aliphatic heterocycles. The summed E-state index contributed by atoms with van der Waals surface area (Å²) in [6, 6.07) is 0.949. The lowest BCUT2D eigenvalue weighted by molar-refractivity contribution is -0.146. The van der Waals surface area contributed by atoms with E-state index in [4.69, 9.17) is 14.0 Å². The highest BCUT2D eigenvalue weighted by Crippen LogP contribution is 2.43. The van der Waals surface area contributed by atoms with Crippen LogP contribution in [0.25, 0.3) is 0 Å². The van der Waals surface area contributed by atoms with E-state index >= 15 is 0 Å². The average Bonchev–Trinajstić information content (AvgIpc) is 2.39. The van der Waals surface area contributed by atoms with E-state index in [0.717, 1.165) is 18.9 Å². The smallest absolute Gasteiger partial charge is 0.341 e. The maximum absolute atomic E-state index is 10.9. The highest BCUT2D eigenvalue weighted by Gasteiger charge is 2.57. The van der Waals surface area contributed by atoms with Crippen LogP contribution in [0.3, 0.4) is 0 Å². The molecule has 0 aromatic rings. The Morgan fingerprint density at radius 3 is 2.71 bits per heavy atom. The minimum atomic E-state index is -2.17. The first kappa shape index (κ1) is 10.1. The molecule has 0 aliphatic carbocycles. The largest absolute Gasteiger partial charge is 0.479 e. The molecule has 2 rings (SSSR count). The summed E-state index contributed by atoms with van der Waals surface area (Å²) >= 11 is 0. The Balaban J connectivity index is 2.20. The molecule has 0 radical (unpaired) electrons. The van der Waals surface area contributed by atoms with Gasteiger partial charge in [0.05, 0.1) is 6.10 Å². The van der Waals surface area contributed by atoms with Gasteiger partial charge in [0, 0.05) is 0 Å². The minimum absolute atomic E-state index is 0.185. The molecule has 80 valence electrons. The van der Waals surface area contributed by atoms with Crippen molar-refractivity contribution in [2.75, 3.05) is 0 Å². The number of carboxylic acids is 1. The van der Waals surface area contributed by atoms with Crippen LogP contribution in [-0.4, -0.2) is 31.8 Å². The normalized spacial score (nSPS) is 41.6. The molecular formula is C9H16O4Si. The van der Waals surface area contributed by atoms with Crippen molar-refractivity contribution in [2.45, 2.75) is 50.5 Å². The number of rotatable bonds is 2. The van der Waals surface area contributed by atoms with Gasteiger partial charge in [-0.05, 0) is 24.4 Å². The standard InChI is InChI=1S/C9H16O4Si/c1-6(2)14-5-3-4-7(12-14)8(13-14)9(10)11/h6-8H,3-5H2,1-2H3,(H,10,11). The van der Waals surface area contributed by atoms with Crippen LogP contribution < -0.4 is 0 Å². The summed E-state index contributed by atoms with van der Waals surface area (Å²) in [6.45, 7) is 4.14.